The summed E-state index contributed by atoms with van der Waals surface area (Å²) in [7, 11) is 0. The number of nitro benzene ring substituents is 1. The van der Waals surface area contributed by atoms with Crippen LogP contribution in [0.1, 0.15) is 18.1 Å². The van der Waals surface area contributed by atoms with Crippen LogP contribution in [0, 0.1) is 21.4 Å². The highest BCUT2D eigenvalue weighted by molar-refractivity contribution is 5.80. The van der Waals surface area contributed by atoms with Gasteiger partial charge in [0.15, 0.2) is 0 Å². The van der Waals surface area contributed by atoms with Gasteiger partial charge in [-0.1, -0.05) is 43.3 Å². The van der Waals surface area contributed by atoms with Crippen LogP contribution in [0.15, 0.2) is 54.6 Å². The fourth-order valence-corrected chi connectivity index (χ4v) is 2.76. The first-order valence-electron chi connectivity index (χ1n) is 8.08. The van der Waals surface area contributed by atoms with E-state index in [1.807, 2.05) is 24.3 Å². The summed E-state index contributed by atoms with van der Waals surface area (Å²) in [4.78, 5) is 14.8. The van der Waals surface area contributed by atoms with Crippen LogP contribution < -0.4 is 5.73 Å². The molecule has 3 aromatic rings. The van der Waals surface area contributed by atoms with Gasteiger partial charge in [0.1, 0.15) is 17.5 Å². The Morgan fingerprint density at radius 2 is 1.88 bits per heavy atom. The number of non-ortho nitro benzene ring substituents is 1. The number of nitrogens with zero attached hydrogens (tertiary/aromatic N) is 3. The van der Waals surface area contributed by atoms with Crippen LogP contribution in [0.3, 0.4) is 0 Å². The molecule has 6 nitrogen and oxygen atoms in total. The van der Waals surface area contributed by atoms with Crippen LogP contribution in [0.2, 0.25) is 0 Å². The molecule has 0 aliphatic carbocycles. The monoisotopic (exact) mass is 344 g/mol. The molecule has 3 rings (SSSR count). The van der Waals surface area contributed by atoms with Gasteiger partial charge in [-0.25, -0.2) is 4.98 Å². The van der Waals surface area contributed by atoms with E-state index in [0.717, 1.165) is 12.0 Å². The normalized spacial score (nSPS) is 10.3. The van der Waals surface area contributed by atoms with Crippen LogP contribution in [0.4, 0.5) is 11.5 Å². The van der Waals surface area contributed by atoms with Crippen molar-refractivity contribution >= 4 is 11.5 Å². The quantitative estimate of drug-likeness (QED) is 0.560. The van der Waals surface area contributed by atoms with Crippen molar-refractivity contribution in [1.82, 2.24) is 4.98 Å². The van der Waals surface area contributed by atoms with E-state index in [0.29, 0.717) is 22.4 Å². The first-order valence-corrected chi connectivity index (χ1v) is 8.08. The van der Waals surface area contributed by atoms with Gasteiger partial charge in [-0.2, -0.15) is 5.26 Å². The summed E-state index contributed by atoms with van der Waals surface area (Å²) in [5, 5.41) is 20.5. The number of hydrogen-bond acceptors (Lipinski definition) is 5. The van der Waals surface area contributed by atoms with E-state index in [-0.39, 0.29) is 11.5 Å². The highest BCUT2D eigenvalue weighted by Gasteiger charge is 2.15. The number of nitro groups is 1. The molecule has 26 heavy (non-hydrogen) atoms. The molecule has 0 atom stereocenters. The lowest BCUT2D eigenvalue weighted by molar-refractivity contribution is -0.384. The third-order valence-corrected chi connectivity index (χ3v) is 4.19. The molecule has 1 aromatic heterocycles. The Bertz CT molecular complexity index is 1020. The Morgan fingerprint density at radius 3 is 2.50 bits per heavy atom. The van der Waals surface area contributed by atoms with Gasteiger partial charge in [0, 0.05) is 23.3 Å². The fraction of sp³-hybridized carbons (Fsp3) is 0.100. The van der Waals surface area contributed by atoms with Gasteiger partial charge in [-0.3, -0.25) is 10.1 Å². The minimum absolute atomic E-state index is 0.0268. The summed E-state index contributed by atoms with van der Waals surface area (Å²) in [6.45, 7) is 2.07. The average Bonchev–Trinajstić information content (AvgIpc) is 2.67. The van der Waals surface area contributed by atoms with E-state index < -0.39 is 4.92 Å². The number of anilines is 1. The van der Waals surface area contributed by atoms with Crippen molar-refractivity contribution in [3.05, 3.63) is 75.8 Å². The SMILES string of the molecule is CCc1ccc(-c2cc(-c3cccc([N+](=O)[O-])c3)nc(N)c2C#N)cc1. The minimum atomic E-state index is -0.457. The van der Waals surface area contributed by atoms with E-state index >= 15 is 0 Å². The largest absolute Gasteiger partial charge is 0.383 e. The molecule has 0 saturated carbocycles. The van der Waals surface area contributed by atoms with Gasteiger partial charge in [-0.05, 0) is 23.6 Å². The standard InChI is InChI=1S/C20H16N4O2/c1-2-13-6-8-14(9-7-13)17-11-19(23-20(22)18(17)12-21)15-4-3-5-16(10-15)24(25)26/h3-11H,2H2,1H3,(H2,22,23). The zero-order valence-electron chi connectivity index (χ0n) is 14.1. The molecule has 0 radical (unpaired) electrons. The van der Waals surface area contributed by atoms with Crippen molar-refractivity contribution in [2.75, 3.05) is 5.73 Å². The first kappa shape index (κ1) is 17.1. The van der Waals surface area contributed by atoms with Gasteiger partial charge in [0.2, 0.25) is 0 Å². The Hall–Kier alpha value is -3.72. The Labute approximate surface area is 150 Å². The van der Waals surface area contributed by atoms with E-state index in [2.05, 4.69) is 18.0 Å². The molecule has 0 fully saturated rings. The zero-order valence-corrected chi connectivity index (χ0v) is 14.1. The zero-order chi connectivity index (χ0) is 18.7. The lowest BCUT2D eigenvalue weighted by Crippen LogP contribution is -2.00. The Balaban J connectivity index is 2.17. The molecule has 6 heteroatoms. The van der Waals surface area contributed by atoms with Crippen LogP contribution in [-0.2, 0) is 6.42 Å². The molecule has 0 unspecified atom stereocenters. The van der Waals surface area contributed by atoms with E-state index in [1.165, 1.54) is 17.7 Å². The number of nitriles is 1. The van der Waals surface area contributed by atoms with Gasteiger partial charge in [-0.15, -0.1) is 0 Å². The molecule has 0 bridgehead atoms. The molecule has 1 heterocycles. The predicted molar refractivity (Wildman–Crippen MR) is 100 cm³/mol. The maximum atomic E-state index is 11.0. The highest BCUT2D eigenvalue weighted by Crippen LogP contribution is 2.32. The second kappa shape index (κ2) is 7.03. The van der Waals surface area contributed by atoms with Crippen molar-refractivity contribution in [3.8, 4) is 28.5 Å². The smallest absolute Gasteiger partial charge is 0.270 e. The van der Waals surface area contributed by atoms with Crippen molar-refractivity contribution in [2.45, 2.75) is 13.3 Å². The molecular formula is C20H16N4O2. The van der Waals surface area contributed by atoms with Crippen molar-refractivity contribution < 1.29 is 4.92 Å². The van der Waals surface area contributed by atoms with Gasteiger partial charge < -0.3 is 5.73 Å². The molecule has 0 aliphatic heterocycles. The average molecular weight is 344 g/mol. The van der Waals surface area contributed by atoms with Crippen LogP contribution in [-0.4, -0.2) is 9.91 Å². The Morgan fingerprint density at radius 1 is 1.15 bits per heavy atom. The van der Waals surface area contributed by atoms with Crippen LogP contribution >= 0.6 is 0 Å². The Kier molecular flexibility index (Phi) is 4.63. The maximum Gasteiger partial charge on any atom is 0.270 e. The number of nitrogens with two attached hydrogens (primary N) is 1. The number of aryl methyl sites for hydroxylation is 1. The lowest BCUT2D eigenvalue weighted by atomic mass is 9.97. The lowest BCUT2D eigenvalue weighted by Gasteiger charge is -2.11. The van der Waals surface area contributed by atoms with Crippen LogP contribution in [0.25, 0.3) is 22.4 Å². The van der Waals surface area contributed by atoms with Crippen molar-refractivity contribution in [3.63, 3.8) is 0 Å². The minimum Gasteiger partial charge on any atom is -0.383 e. The number of rotatable bonds is 4. The fourth-order valence-electron chi connectivity index (χ4n) is 2.76. The molecule has 128 valence electrons. The third-order valence-electron chi connectivity index (χ3n) is 4.19. The van der Waals surface area contributed by atoms with Gasteiger partial charge in [0.25, 0.3) is 5.69 Å². The van der Waals surface area contributed by atoms with Crippen LogP contribution in [0.5, 0.6) is 0 Å². The molecule has 0 saturated heterocycles. The van der Waals surface area contributed by atoms with Crippen molar-refractivity contribution in [1.29, 1.82) is 5.26 Å². The van der Waals surface area contributed by atoms with Crippen molar-refractivity contribution in [2.24, 2.45) is 0 Å². The number of benzene rings is 2. The molecule has 2 N–H and O–H groups in total. The van der Waals surface area contributed by atoms with E-state index in [1.54, 1.807) is 18.2 Å². The summed E-state index contributed by atoms with van der Waals surface area (Å²) in [5.41, 5.74) is 10.0. The third kappa shape index (κ3) is 3.23. The maximum absolute atomic E-state index is 11.0. The van der Waals surface area contributed by atoms with E-state index in [9.17, 15) is 15.4 Å². The second-order valence-electron chi connectivity index (χ2n) is 5.79. The molecular weight excluding hydrogens is 328 g/mol. The molecule has 0 amide bonds. The number of nitrogen functional groups attached to an aromatic ring is 1. The van der Waals surface area contributed by atoms with Gasteiger partial charge >= 0.3 is 0 Å². The first-order chi connectivity index (χ1) is 12.5. The topological polar surface area (TPSA) is 106 Å². The highest BCUT2D eigenvalue weighted by atomic mass is 16.6. The predicted octanol–water partition coefficient (Wildman–Crippen LogP) is 4.34. The summed E-state index contributed by atoms with van der Waals surface area (Å²) in [6.07, 6.45) is 0.919. The summed E-state index contributed by atoms with van der Waals surface area (Å²) in [5.74, 6) is 0.103. The number of aromatic nitrogens is 1. The second-order valence-corrected chi connectivity index (χ2v) is 5.79. The molecule has 0 aliphatic rings. The molecule has 0 spiro atoms. The number of hydrogen-bond donors (Lipinski definition) is 1. The summed E-state index contributed by atoms with van der Waals surface area (Å²) < 4.78 is 0. The summed E-state index contributed by atoms with van der Waals surface area (Å²) >= 11 is 0. The van der Waals surface area contributed by atoms with E-state index in [4.69, 9.17) is 5.73 Å². The number of pyridine rings is 1. The summed E-state index contributed by atoms with van der Waals surface area (Å²) in [6, 6.07) is 17.9. The van der Waals surface area contributed by atoms with Gasteiger partial charge in [0.05, 0.1) is 10.6 Å². The molecule has 2 aromatic carbocycles.